The van der Waals surface area contributed by atoms with Crippen LogP contribution in [0.4, 0.5) is 5.82 Å². The van der Waals surface area contributed by atoms with E-state index in [9.17, 15) is 5.11 Å². The number of piperazine rings is 1. The van der Waals surface area contributed by atoms with Crippen molar-refractivity contribution < 1.29 is 9.84 Å². The molecule has 0 unspecified atom stereocenters. The highest BCUT2D eigenvalue weighted by Crippen LogP contribution is 2.17. The Kier molecular flexibility index (Phi) is 5.83. The number of hydrogen-bond acceptors (Lipinski definition) is 6. The minimum atomic E-state index is -0.493. The molecule has 1 aliphatic rings. The van der Waals surface area contributed by atoms with Crippen molar-refractivity contribution in [3.05, 3.63) is 47.9 Å². The third-order valence-electron chi connectivity index (χ3n) is 4.38. The fourth-order valence-corrected chi connectivity index (χ4v) is 3.03. The Morgan fingerprint density at radius 3 is 2.56 bits per heavy atom. The monoisotopic (exact) mass is 342 g/mol. The number of aryl methyl sites for hydroxylation is 2. The molecule has 6 nitrogen and oxygen atoms in total. The van der Waals surface area contributed by atoms with E-state index in [1.807, 2.05) is 44.2 Å². The van der Waals surface area contributed by atoms with Crippen LogP contribution in [0.1, 0.15) is 11.4 Å². The molecule has 25 heavy (non-hydrogen) atoms. The second kappa shape index (κ2) is 8.27. The number of nitrogens with zero attached hydrogens (tertiary/aromatic N) is 4. The van der Waals surface area contributed by atoms with Crippen LogP contribution in [0.15, 0.2) is 36.5 Å². The molecule has 0 amide bonds. The van der Waals surface area contributed by atoms with Gasteiger partial charge in [-0.1, -0.05) is 18.2 Å². The maximum absolute atomic E-state index is 10.2. The van der Waals surface area contributed by atoms with E-state index in [0.29, 0.717) is 13.2 Å². The van der Waals surface area contributed by atoms with Crippen molar-refractivity contribution in [2.45, 2.75) is 20.0 Å². The number of rotatable bonds is 6. The number of β-amino-alcohol motifs (C(OH)–C–C–N with tert-alkyl or cyclic N) is 1. The zero-order valence-corrected chi connectivity index (χ0v) is 14.9. The van der Waals surface area contributed by atoms with E-state index in [4.69, 9.17) is 4.74 Å². The van der Waals surface area contributed by atoms with E-state index in [1.54, 1.807) is 6.20 Å². The van der Waals surface area contributed by atoms with Crippen LogP contribution >= 0.6 is 0 Å². The maximum atomic E-state index is 10.2. The zero-order chi connectivity index (χ0) is 17.6. The topological polar surface area (TPSA) is 61.7 Å². The van der Waals surface area contributed by atoms with Gasteiger partial charge in [-0.05, 0) is 26.0 Å². The second-order valence-electron chi connectivity index (χ2n) is 6.49. The molecule has 3 rings (SSSR count). The van der Waals surface area contributed by atoms with Crippen molar-refractivity contribution in [1.29, 1.82) is 0 Å². The number of aromatic nitrogens is 2. The van der Waals surface area contributed by atoms with Crippen LogP contribution in [0.25, 0.3) is 0 Å². The number of para-hydroxylation sites is 1. The molecule has 0 spiro atoms. The Bertz CT molecular complexity index is 672. The molecule has 134 valence electrons. The summed E-state index contributed by atoms with van der Waals surface area (Å²) >= 11 is 0. The highest BCUT2D eigenvalue weighted by molar-refractivity contribution is 5.43. The molecule has 2 heterocycles. The van der Waals surface area contributed by atoms with Crippen molar-refractivity contribution >= 4 is 5.82 Å². The van der Waals surface area contributed by atoms with E-state index in [0.717, 1.165) is 49.1 Å². The van der Waals surface area contributed by atoms with Gasteiger partial charge in [0.25, 0.3) is 0 Å². The summed E-state index contributed by atoms with van der Waals surface area (Å²) in [6, 6.07) is 9.60. The first kappa shape index (κ1) is 17.6. The van der Waals surface area contributed by atoms with Gasteiger partial charge in [-0.3, -0.25) is 9.88 Å². The van der Waals surface area contributed by atoms with Gasteiger partial charge in [0.05, 0.1) is 11.4 Å². The van der Waals surface area contributed by atoms with Crippen molar-refractivity contribution in [2.24, 2.45) is 0 Å². The predicted octanol–water partition coefficient (Wildman–Crippen LogP) is 1.66. The number of benzene rings is 1. The Labute approximate surface area is 149 Å². The van der Waals surface area contributed by atoms with E-state index in [2.05, 4.69) is 19.8 Å². The number of ether oxygens (including phenoxy) is 1. The molecule has 0 bridgehead atoms. The molecule has 0 saturated carbocycles. The van der Waals surface area contributed by atoms with Gasteiger partial charge < -0.3 is 14.7 Å². The summed E-state index contributed by atoms with van der Waals surface area (Å²) in [7, 11) is 0. The van der Waals surface area contributed by atoms with E-state index >= 15 is 0 Å². The number of anilines is 1. The molecule has 1 saturated heterocycles. The van der Waals surface area contributed by atoms with Gasteiger partial charge in [-0.15, -0.1) is 0 Å². The van der Waals surface area contributed by atoms with Gasteiger partial charge in [0.2, 0.25) is 0 Å². The summed E-state index contributed by atoms with van der Waals surface area (Å²) in [5, 5.41) is 10.2. The van der Waals surface area contributed by atoms with Gasteiger partial charge >= 0.3 is 0 Å². The molecule has 6 heteroatoms. The van der Waals surface area contributed by atoms with Crippen molar-refractivity contribution in [2.75, 3.05) is 44.2 Å². The molecule has 0 radical (unpaired) electrons. The summed E-state index contributed by atoms with van der Waals surface area (Å²) in [6.07, 6.45) is 1.31. The summed E-state index contributed by atoms with van der Waals surface area (Å²) in [4.78, 5) is 13.6. The normalized spacial score (nSPS) is 16.7. The average Bonchev–Trinajstić information content (AvgIpc) is 2.64. The van der Waals surface area contributed by atoms with E-state index in [1.165, 1.54) is 0 Å². The number of hydrogen-bond donors (Lipinski definition) is 1. The Morgan fingerprint density at radius 2 is 1.84 bits per heavy atom. The zero-order valence-electron chi connectivity index (χ0n) is 14.9. The molecule has 1 atom stereocenters. The summed E-state index contributed by atoms with van der Waals surface area (Å²) < 4.78 is 5.62. The fourth-order valence-electron chi connectivity index (χ4n) is 3.03. The standard InChI is InChI=1S/C19H26N4O2/c1-15-12-20-16(2)19(21-15)23-10-8-22(9-11-23)13-17(24)14-25-18-6-4-3-5-7-18/h3-7,12,17,24H,8-11,13-14H2,1-2H3/t17-/m1/s1. The Morgan fingerprint density at radius 1 is 1.12 bits per heavy atom. The molecular formula is C19H26N4O2. The quantitative estimate of drug-likeness (QED) is 0.861. The molecule has 1 aromatic heterocycles. The lowest BCUT2D eigenvalue weighted by Gasteiger charge is -2.36. The van der Waals surface area contributed by atoms with Crippen molar-refractivity contribution in [3.8, 4) is 5.75 Å². The first-order valence-electron chi connectivity index (χ1n) is 8.75. The first-order valence-corrected chi connectivity index (χ1v) is 8.75. The second-order valence-corrected chi connectivity index (χ2v) is 6.49. The van der Waals surface area contributed by atoms with Gasteiger partial charge in [0, 0.05) is 38.9 Å². The van der Waals surface area contributed by atoms with Gasteiger partial charge in [0.1, 0.15) is 24.3 Å². The van der Waals surface area contributed by atoms with Crippen molar-refractivity contribution in [3.63, 3.8) is 0 Å². The summed E-state index contributed by atoms with van der Waals surface area (Å²) in [5.74, 6) is 1.77. The largest absolute Gasteiger partial charge is 0.491 e. The highest BCUT2D eigenvalue weighted by Gasteiger charge is 2.21. The van der Waals surface area contributed by atoms with Crippen LogP contribution < -0.4 is 9.64 Å². The average molecular weight is 342 g/mol. The lowest BCUT2D eigenvalue weighted by Crippen LogP contribution is -2.49. The maximum Gasteiger partial charge on any atom is 0.150 e. The van der Waals surface area contributed by atoms with Crippen LogP contribution in [0.2, 0.25) is 0 Å². The molecule has 1 fully saturated rings. The fraction of sp³-hybridized carbons (Fsp3) is 0.474. The predicted molar refractivity (Wildman–Crippen MR) is 98.1 cm³/mol. The Balaban J connectivity index is 1.45. The third-order valence-corrected chi connectivity index (χ3v) is 4.38. The molecule has 2 aromatic rings. The lowest BCUT2D eigenvalue weighted by atomic mass is 10.2. The Hall–Kier alpha value is -2.18. The van der Waals surface area contributed by atoms with Crippen LogP contribution in [0.3, 0.4) is 0 Å². The molecule has 1 N–H and O–H groups in total. The minimum Gasteiger partial charge on any atom is -0.491 e. The summed E-state index contributed by atoms with van der Waals surface area (Å²) in [6.45, 7) is 8.49. The summed E-state index contributed by atoms with van der Waals surface area (Å²) in [5.41, 5.74) is 1.91. The highest BCUT2D eigenvalue weighted by atomic mass is 16.5. The van der Waals surface area contributed by atoms with Gasteiger partial charge in [-0.2, -0.15) is 0 Å². The van der Waals surface area contributed by atoms with Crippen LogP contribution in [0, 0.1) is 13.8 Å². The number of aliphatic hydroxyl groups is 1. The van der Waals surface area contributed by atoms with Crippen LogP contribution in [0.5, 0.6) is 5.75 Å². The van der Waals surface area contributed by atoms with Gasteiger partial charge in [0.15, 0.2) is 0 Å². The third kappa shape index (κ3) is 4.90. The number of aliphatic hydroxyl groups excluding tert-OH is 1. The SMILES string of the molecule is Cc1cnc(C)c(N2CCN(C[C@@H](O)COc3ccccc3)CC2)n1. The van der Waals surface area contributed by atoms with Gasteiger partial charge in [-0.25, -0.2) is 4.98 Å². The molecule has 1 aromatic carbocycles. The molecular weight excluding hydrogens is 316 g/mol. The van der Waals surface area contributed by atoms with Crippen LogP contribution in [-0.4, -0.2) is 65.4 Å². The molecule has 1 aliphatic heterocycles. The smallest absolute Gasteiger partial charge is 0.150 e. The minimum absolute atomic E-state index is 0.312. The van der Waals surface area contributed by atoms with E-state index < -0.39 is 6.10 Å². The molecule has 0 aliphatic carbocycles. The van der Waals surface area contributed by atoms with Crippen LogP contribution in [-0.2, 0) is 0 Å². The first-order chi connectivity index (χ1) is 12.1. The van der Waals surface area contributed by atoms with Crippen molar-refractivity contribution in [1.82, 2.24) is 14.9 Å². The van der Waals surface area contributed by atoms with E-state index in [-0.39, 0.29) is 0 Å². The lowest BCUT2D eigenvalue weighted by molar-refractivity contribution is 0.0662.